The lowest BCUT2D eigenvalue weighted by Gasteiger charge is -2.43. The summed E-state index contributed by atoms with van der Waals surface area (Å²) in [5, 5.41) is 0. The van der Waals surface area contributed by atoms with E-state index in [9.17, 15) is 0 Å². The van der Waals surface area contributed by atoms with Gasteiger partial charge in [0.1, 0.15) is 0 Å². The summed E-state index contributed by atoms with van der Waals surface area (Å²) in [5.74, 6) is 1.00. The molecule has 0 bridgehead atoms. The van der Waals surface area contributed by atoms with Gasteiger partial charge in [-0.05, 0) is 57.2 Å². The third kappa shape index (κ3) is 2.57. The predicted molar refractivity (Wildman–Crippen MR) is 71.2 cm³/mol. The Morgan fingerprint density at radius 2 is 1.88 bits per heavy atom. The van der Waals surface area contributed by atoms with Gasteiger partial charge in [0, 0.05) is 25.3 Å². The Kier molecular flexibility index (Phi) is 3.87. The van der Waals surface area contributed by atoms with Crippen molar-refractivity contribution in [2.75, 3.05) is 32.1 Å². The monoisotopic (exact) mass is 243 g/mol. The average molecular weight is 243 g/mol. The number of hydrogen-bond donors (Lipinski definition) is 1. The van der Waals surface area contributed by atoms with Crippen LogP contribution in [-0.4, -0.2) is 42.5 Å². The van der Waals surface area contributed by atoms with Gasteiger partial charge >= 0.3 is 0 Å². The summed E-state index contributed by atoms with van der Waals surface area (Å²) in [6, 6.07) is 0. The van der Waals surface area contributed by atoms with E-state index in [1.54, 1.807) is 0 Å². The third-order valence-electron chi connectivity index (χ3n) is 4.49. The van der Waals surface area contributed by atoms with Crippen LogP contribution in [0.1, 0.15) is 39.5 Å². The van der Waals surface area contributed by atoms with Gasteiger partial charge in [0.15, 0.2) is 0 Å². The molecule has 0 radical (unpaired) electrons. The molecule has 2 saturated heterocycles. The maximum atomic E-state index is 5.49. The molecule has 3 heteroatoms. The zero-order valence-corrected chi connectivity index (χ0v) is 11.6. The largest absolute Gasteiger partial charge is 0.381 e. The number of likely N-dealkylation sites (tertiary alicyclic amines) is 1. The Hall–Kier alpha value is 0.270. The predicted octanol–water partition coefficient (Wildman–Crippen LogP) is 2.59. The Morgan fingerprint density at radius 1 is 1.19 bits per heavy atom. The zero-order valence-electron chi connectivity index (χ0n) is 10.7. The molecule has 0 atom stereocenters. The van der Waals surface area contributed by atoms with Gasteiger partial charge in [-0.3, -0.25) is 4.90 Å². The maximum Gasteiger partial charge on any atom is 0.0472 e. The molecule has 2 aliphatic heterocycles. The summed E-state index contributed by atoms with van der Waals surface area (Å²) >= 11 is 4.60. The van der Waals surface area contributed by atoms with Crippen LogP contribution in [0.3, 0.4) is 0 Å². The zero-order chi connectivity index (χ0) is 11.6. The van der Waals surface area contributed by atoms with Gasteiger partial charge in [0.2, 0.25) is 0 Å². The van der Waals surface area contributed by atoms with Crippen molar-refractivity contribution in [3.63, 3.8) is 0 Å². The fourth-order valence-corrected chi connectivity index (χ4v) is 3.45. The molecule has 0 aromatic rings. The van der Waals surface area contributed by atoms with Crippen molar-refractivity contribution in [1.82, 2.24) is 4.90 Å². The first-order valence-corrected chi connectivity index (χ1v) is 7.15. The van der Waals surface area contributed by atoms with E-state index in [4.69, 9.17) is 4.74 Å². The fraction of sp³-hybridized carbons (Fsp3) is 1.00. The molecule has 0 spiro atoms. The van der Waals surface area contributed by atoms with Gasteiger partial charge in [-0.15, -0.1) is 0 Å². The highest BCUT2D eigenvalue weighted by atomic mass is 32.1. The second-order valence-electron chi connectivity index (χ2n) is 6.11. The quantitative estimate of drug-likeness (QED) is 0.765. The van der Waals surface area contributed by atoms with Crippen LogP contribution in [0.15, 0.2) is 0 Å². The summed E-state index contributed by atoms with van der Waals surface area (Å²) in [5.41, 5.74) is 0.803. The first kappa shape index (κ1) is 12.7. The molecule has 2 nitrogen and oxygen atoms in total. The van der Waals surface area contributed by atoms with E-state index in [0.717, 1.165) is 19.0 Å². The molecule has 0 aromatic heterocycles. The number of nitrogens with zero attached hydrogens (tertiary/aromatic N) is 1. The normalized spacial score (nSPS) is 29.4. The first-order chi connectivity index (χ1) is 7.58. The maximum absolute atomic E-state index is 5.49. The van der Waals surface area contributed by atoms with E-state index in [2.05, 4.69) is 31.4 Å². The van der Waals surface area contributed by atoms with Crippen LogP contribution in [0.4, 0.5) is 0 Å². The Balaban J connectivity index is 2.00. The van der Waals surface area contributed by atoms with Crippen molar-refractivity contribution in [2.24, 2.45) is 5.41 Å². The van der Waals surface area contributed by atoms with E-state index in [0.29, 0.717) is 11.0 Å². The van der Waals surface area contributed by atoms with Crippen LogP contribution >= 0.6 is 12.6 Å². The smallest absolute Gasteiger partial charge is 0.0472 e. The topological polar surface area (TPSA) is 12.5 Å². The van der Waals surface area contributed by atoms with Crippen LogP contribution in [0.25, 0.3) is 0 Å². The number of hydrogen-bond acceptors (Lipinski definition) is 3. The summed E-state index contributed by atoms with van der Waals surface area (Å²) in [6.07, 6.45) is 5.06. The summed E-state index contributed by atoms with van der Waals surface area (Å²) in [7, 11) is 0. The highest BCUT2D eigenvalue weighted by molar-refractivity contribution is 7.80. The van der Waals surface area contributed by atoms with E-state index in [-0.39, 0.29) is 0 Å². The molecular formula is C13H25NOS. The lowest BCUT2D eigenvalue weighted by molar-refractivity contribution is -0.00282. The van der Waals surface area contributed by atoms with E-state index >= 15 is 0 Å². The molecular weight excluding hydrogens is 218 g/mol. The average Bonchev–Trinajstić information content (AvgIpc) is 2.60. The Labute approximate surface area is 105 Å². The lowest BCUT2D eigenvalue weighted by Crippen LogP contribution is -2.48. The molecule has 2 aliphatic rings. The number of ether oxygens (including phenoxy) is 1. The molecule has 16 heavy (non-hydrogen) atoms. The van der Waals surface area contributed by atoms with Crippen molar-refractivity contribution >= 4 is 12.6 Å². The van der Waals surface area contributed by atoms with Gasteiger partial charge in [-0.25, -0.2) is 0 Å². The lowest BCUT2D eigenvalue weighted by atomic mass is 9.81. The first-order valence-electron chi connectivity index (χ1n) is 6.52. The van der Waals surface area contributed by atoms with E-state index in [1.165, 1.54) is 38.8 Å². The summed E-state index contributed by atoms with van der Waals surface area (Å²) in [6.45, 7) is 9.09. The summed E-state index contributed by atoms with van der Waals surface area (Å²) < 4.78 is 5.49. The van der Waals surface area contributed by atoms with Crippen molar-refractivity contribution in [2.45, 2.75) is 45.1 Å². The SMILES string of the molecule is CC1(C)CCCN1CC1(CS)CCOCC1. The van der Waals surface area contributed by atoms with Crippen LogP contribution in [0.2, 0.25) is 0 Å². The van der Waals surface area contributed by atoms with Crippen LogP contribution < -0.4 is 0 Å². The van der Waals surface area contributed by atoms with Crippen LogP contribution in [0.5, 0.6) is 0 Å². The molecule has 0 unspecified atom stereocenters. The minimum atomic E-state index is 0.397. The Morgan fingerprint density at radius 3 is 2.38 bits per heavy atom. The molecule has 2 heterocycles. The van der Waals surface area contributed by atoms with E-state index < -0.39 is 0 Å². The molecule has 2 rings (SSSR count). The minimum absolute atomic E-state index is 0.397. The molecule has 0 saturated carbocycles. The van der Waals surface area contributed by atoms with E-state index in [1.807, 2.05) is 0 Å². The van der Waals surface area contributed by atoms with Crippen LogP contribution in [0, 0.1) is 5.41 Å². The van der Waals surface area contributed by atoms with Crippen molar-refractivity contribution in [3.8, 4) is 0 Å². The van der Waals surface area contributed by atoms with Crippen LogP contribution in [-0.2, 0) is 4.74 Å². The summed E-state index contributed by atoms with van der Waals surface area (Å²) in [4.78, 5) is 2.68. The standard InChI is InChI=1S/C13H25NOS/c1-12(2)4-3-7-14(12)10-13(11-16)5-8-15-9-6-13/h16H,3-11H2,1-2H3. The highest BCUT2D eigenvalue weighted by Crippen LogP contribution is 2.37. The second-order valence-corrected chi connectivity index (χ2v) is 6.42. The fourth-order valence-electron chi connectivity index (χ4n) is 3.03. The van der Waals surface area contributed by atoms with Gasteiger partial charge < -0.3 is 4.74 Å². The third-order valence-corrected chi connectivity index (χ3v) is 5.16. The minimum Gasteiger partial charge on any atom is -0.381 e. The number of thiol groups is 1. The Bertz CT molecular complexity index is 236. The van der Waals surface area contributed by atoms with Crippen molar-refractivity contribution in [1.29, 1.82) is 0 Å². The van der Waals surface area contributed by atoms with Crippen molar-refractivity contribution < 1.29 is 4.74 Å². The van der Waals surface area contributed by atoms with Gasteiger partial charge in [0.25, 0.3) is 0 Å². The molecule has 2 fully saturated rings. The van der Waals surface area contributed by atoms with Gasteiger partial charge in [-0.2, -0.15) is 12.6 Å². The second kappa shape index (κ2) is 4.87. The van der Waals surface area contributed by atoms with Crippen molar-refractivity contribution in [3.05, 3.63) is 0 Å². The highest BCUT2D eigenvalue weighted by Gasteiger charge is 2.39. The molecule has 0 N–H and O–H groups in total. The van der Waals surface area contributed by atoms with Gasteiger partial charge in [-0.1, -0.05) is 0 Å². The molecule has 0 aliphatic carbocycles. The number of rotatable bonds is 3. The molecule has 94 valence electrons. The molecule has 0 aromatic carbocycles. The van der Waals surface area contributed by atoms with Gasteiger partial charge in [0.05, 0.1) is 0 Å². The molecule has 0 amide bonds.